The molecule has 0 spiro atoms. The van der Waals surface area contributed by atoms with Crippen LogP contribution in [0.5, 0.6) is 0 Å². The summed E-state index contributed by atoms with van der Waals surface area (Å²) in [7, 11) is 0. The van der Waals surface area contributed by atoms with Gasteiger partial charge in [-0.25, -0.2) is 0 Å². The Balaban J connectivity index is 2.20. The first kappa shape index (κ1) is 11.9. The summed E-state index contributed by atoms with van der Waals surface area (Å²) in [5.41, 5.74) is -0.0456. The van der Waals surface area contributed by atoms with Crippen LogP contribution < -0.4 is 0 Å². The van der Waals surface area contributed by atoms with Crippen LogP contribution in [0.2, 0.25) is 0 Å². The minimum atomic E-state index is -0.0456. The molecule has 0 bridgehead atoms. The van der Waals surface area contributed by atoms with Gasteiger partial charge in [-0.1, -0.05) is 0 Å². The Labute approximate surface area is 91.7 Å². The number of likely N-dealkylation sites (tertiary alicyclic amines) is 1. The zero-order chi connectivity index (χ0) is 10.4. The van der Waals surface area contributed by atoms with Gasteiger partial charge in [0.05, 0.1) is 11.5 Å². The number of thioether (sulfide) groups is 1. The smallest absolute Gasteiger partial charge is 0.0687 e. The summed E-state index contributed by atoms with van der Waals surface area (Å²) in [6.45, 7) is 5.52. The van der Waals surface area contributed by atoms with Crippen molar-refractivity contribution in [3.63, 3.8) is 0 Å². The van der Waals surface area contributed by atoms with Gasteiger partial charge in [0.1, 0.15) is 0 Å². The molecule has 0 aliphatic carbocycles. The van der Waals surface area contributed by atoms with Gasteiger partial charge in [-0.05, 0) is 57.8 Å². The predicted molar refractivity (Wildman–Crippen MR) is 62.4 cm³/mol. The van der Waals surface area contributed by atoms with Crippen LogP contribution in [0, 0.1) is 16.7 Å². The van der Waals surface area contributed by atoms with Gasteiger partial charge >= 0.3 is 0 Å². The maximum atomic E-state index is 8.98. The third-order valence-electron chi connectivity index (χ3n) is 3.05. The van der Waals surface area contributed by atoms with Gasteiger partial charge < -0.3 is 4.90 Å². The molecule has 0 radical (unpaired) electrons. The normalized spacial score (nSPS) is 21.8. The zero-order valence-electron chi connectivity index (χ0n) is 9.25. The average Bonchev–Trinajstić information content (AvgIpc) is 2.22. The van der Waals surface area contributed by atoms with Crippen LogP contribution in [0.4, 0.5) is 0 Å². The Bertz CT molecular complexity index is 202. The van der Waals surface area contributed by atoms with E-state index in [1.807, 2.05) is 11.8 Å². The van der Waals surface area contributed by atoms with E-state index in [0.29, 0.717) is 0 Å². The molecular weight excluding hydrogens is 192 g/mol. The van der Waals surface area contributed by atoms with E-state index in [0.717, 1.165) is 25.9 Å². The fraction of sp³-hybridized carbons (Fsp3) is 0.909. The summed E-state index contributed by atoms with van der Waals surface area (Å²) in [4.78, 5) is 2.50. The maximum Gasteiger partial charge on any atom is 0.0687 e. The number of rotatable bonds is 4. The molecule has 0 aromatic carbocycles. The number of nitrogens with zero attached hydrogens (tertiary/aromatic N) is 2. The highest BCUT2D eigenvalue weighted by Gasteiger charge is 2.29. The number of hydrogen-bond acceptors (Lipinski definition) is 3. The second kappa shape index (κ2) is 5.63. The number of nitriles is 1. The van der Waals surface area contributed by atoms with Crippen molar-refractivity contribution in [3.05, 3.63) is 0 Å². The first-order valence-corrected chi connectivity index (χ1v) is 6.72. The second-order valence-electron chi connectivity index (χ2n) is 4.36. The third-order valence-corrected chi connectivity index (χ3v) is 3.75. The summed E-state index contributed by atoms with van der Waals surface area (Å²) in [5, 5.41) is 8.98. The van der Waals surface area contributed by atoms with E-state index in [1.54, 1.807) is 0 Å². The zero-order valence-corrected chi connectivity index (χ0v) is 10.1. The monoisotopic (exact) mass is 212 g/mol. The molecule has 0 unspecified atom stereocenters. The Hall–Kier alpha value is -0.200. The van der Waals surface area contributed by atoms with E-state index in [4.69, 9.17) is 5.26 Å². The highest BCUT2D eigenvalue weighted by molar-refractivity contribution is 7.98. The molecule has 14 heavy (non-hydrogen) atoms. The number of hydrogen-bond donors (Lipinski definition) is 0. The van der Waals surface area contributed by atoms with Crippen LogP contribution in [0.1, 0.15) is 26.2 Å². The molecule has 1 rings (SSSR count). The third kappa shape index (κ3) is 3.51. The summed E-state index contributed by atoms with van der Waals surface area (Å²) in [6, 6.07) is 2.44. The van der Waals surface area contributed by atoms with Crippen molar-refractivity contribution in [2.24, 2.45) is 5.41 Å². The van der Waals surface area contributed by atoms with Crippen molar-refractivity contribution in [3.8, 4) is 6.07 Å². The SMILES string of the molecule is CSCCCN1CCC(C)(C#N)CC1. The van der Waals surface area contributed by atoms with Gasteiger partial charge in [-0.15, -0.1) is 0 Å². The molecular formula is C11H20N2S. The summed E-state index contributed by atoms with van der Waals surface area (Å²) in [6.07, 6.45) is 5.53. The van der Waals surface area contributed by atoms with E-state index in [1.165, 1.54) is 18.7 Å². The molecule has 1 saturated heterocycles. The Morgan fingerprint density at radius 1 is 1.43 bits per heavy atom. The average molecular weight is 212 g/mol. The van der Waals surface area contributed by atoms with Crippen LogP contribution >= 0.6 is 11.8 Å². The van der Waals surface area contributed by atoms with Crippen LogP contribution in [-0.2, 0) is 0 Å². The van der Waals surface area contributed by atoms with Crippen LogP contribution in [0.15, 0.2) is 0 Å². The first-order valence-electron chi connectivity index (χ1n) is 5.33. The van der Waals surface area contributed by atoms with Crippen LogP contribution in [0.3, 0.4) is 0 Å². The van der Waals surface area contributed by atoms with Crippen molar-refractivity contribution >= 4 is 11.8 Å². The van der Waals surface area contributed by atoms with Crippen molar-refractivity contribution in [1.29, 1.82) is 5.26 Å². The molecule has 0 atom stereocenters. The second-order valence-corrected chi connectivity index (χ2v) is 5.35. The van der Waals surface area contributed by atoms with E-state index in [-0.39, 0.29) is 5.41 Å². The van der Waals surface area contributed by atoms with E-state index < -0.39 is 0 Å². The minimum Gasteiger partial charge on any atom is -0.303 e. The van der Waals surface area contributed by atoms with Crippen molar-refractivity contribution in [2.75, 3.05) is 31.6 Å². The topological polar surface area (TPSA) is 27.0 Å². The standard InChI is InChI=1S/C11H20N2S/c1-11(10-12)4-7-13(8-5-11)6-3-9-14-2/h3-9H2,1-2H3. The fourth-order valence-electron chi connectivity index (χ4n) is 1.81. The molecule has 80 valence electrons. The molecule has 0 aromatic rings. The fourth-order valence-corrected chi connectivity index (χ4v) is 2.23. The Kier molecular flexibility index (Phi) is 4.77. The van der Waals surface area contributed by atoms with Gasteiger partial charge in [0, 0.05) is 0 Å². The predicted octanol–water partition coefficient (Wildman–Crippen LogP) is 2.37. The maximum absolute atomic E-state index is 8.98. The lowest BCUT2D eigenvalue weighted by Crippen LogP contribution is -2.38. The molecule has 0 aromatic heterocycles. The molecule has 0 amide bonds. The quantitative estimate of drug-likeness (QED) is 0.669. The molecule has 0 N–H and O–H groups in total. The van der Waals surface area contributed by atoms with Gasteiger partial charge in [-0.2, -0.15) is 17.0 Å². The lowest BCUT2D eigenvalue weighted by molar-refractivity contribution is 0.157. The van der Waals surface area contributed by atoms with Gasteiger partial charge in [0.2, 0.25) is 0 Å². The van der Waals surface area contributed by atoms with Gasteiger partial charge in [0.25, 0.3) is 0 Å². The molecule has 2 nitrogen and oxygen atoms in total. The summed E-state index contributed by atoms with van der Waals surface area (Å²) < 4.78 is 0. The van der Waals surface area contributed by atoms with E-state index in [9.17, 15) is 0 Å². The number of piperidine rings is 1. The van der Waals surface area contributed by atoms with Crippen molar-refractivity contribution in [1.82, 2.24) is 4.90 Å². The Morgan fingerprint density at radius 2 is 2.07 bits per heavy atom. The Morgan fingerprint density at radius 3 is 2.57 bits per heavy atom. The highest BCUT2D eigenvalue weighted by atomic mass is 32.2. The van der Waals surface area contributed by atoms with E-state index >= 15 is 0 Å². The van der Waals surface area contributed by atoms with Gasteiger partial charge in [0.15, 0.2) is 0 Å². The van der Waals surface area contributed by atoms with Crippen LogP contribution in [0.25, 0.3) is 0 Å². The lowest BCUT2D eigenvalue weighted by Gasteiger charge is -2.34. The molecule has 3 heteroatoms. The molecule has 1 aliphatic heterocycles. The molecule has 1 fully saturated rings. The molecule has 1 aliphatic rings. The van der Waals surface area contributed by atoms with Gasteiger partial charge in [-0.3, -0.25) is 0 Å². The first-order chi connectivity index (χ1) is 6.70. The summed E-state index contributed by atoms with van der Waals surface area (Å²) in [5.74, 6) is 1.26. The van der Waals surface area contributed by atoms with Crippen LogP contribution in [-0.4, -0.2) is 36.5 Å². The van der Waals surface area contributed by atoms with Crippen molar-refractivity contribution < 1.29 is 0 Å². The highest BCUT2D eigenvalue weighted by Crippen LogP contribution is 2.29. The largest absolute Gasteiger partial charge is 0.303 e. The molecule has 0 saturated carbocycles. The molecule has 1 heterocycles. The summed E-state index contributed by atoms with van der Waals surface area (Å²) >= 11 is 1.92. The van der Waals surface area contributed by atoms with Crippen molar-refractivity contribution in [2.45, 2.75) is 26.2 Å². The lowest BCUT2D eigenvalue weighted by atomic mass is 9.82. The van der Waals surface area contributed by atoms with E-state index in [2.05, 4.69) is 24.1 Å². The minimum absolute atomic E-state index is 0.0456.